The number of aliphatic hydroxyl groups is 1. The number of nitrogens with zero attached hydrogens (tertiary/aromatic N) is 1. The minimum atomic E-state index is -0.522. The average Bonchev–Trinajstić information content (AvgIpc) is 2.54. The van der Waals surface area contributed by atoms with E-state index in [1.165, 1.54) is 0 Å². The minimum Gasteiger partial charge on any atom is -0.444 e. The second kappa shape index (κ2) is 8.15. The lowest BCUT2D eigenvalue weighted by atomic mass is 9.71. The van der Waals surface area contributed by atoms with E-state index in [1.54, 1.807) is 11.0 Å². The molecular weight excluding hydrogens is 361 g/mol. The van der Waals surface area contributed by atoms with Crippen molar-refractivity contribution in [2.75, 3.05) is 19.7 Å². The molecule has 0 aromatic heterocycles. The maximum Gasteiger partial charge on any atom is 0.410 e. The van der Waals surface area contributed by atoms with E-state index in [0.29, 0.717) is 29.6 Å². The first-order valence-corrected chi connectivity index (χ1v) is 9.47. The highest BCUT2D eigenvalue weighted by molar-refractivity contribution is 6.42. The SMILES string of the molecule is CC(C)(C)OC(=O)N1CCC[C@](CCCO)(c2ccc(Cl)c(Cl)c2)C1. The molecule has 0 bridgehead atoms. The van der Waals surface area contributed by atoms with Gasteiger partial charge in [0, 0.05) is 25.1 Å². The van der Waals surface area contributed by atoms with E-state index in [2.05, 4.69) is 0 Å². The van der Waals surface area contributed by atoms with Crippen LogP contribution in [-0.2, 0) is 10.2 Å². The van der Waals surface area contributed by atoms with Crippen LogP contribution in [0.3, 0.4) is 0 Å². The fourth-order valence-corrected chi connectivity index (χ4v) is 3.74. The van der Waals surface area contributed by atoms with E-state index >= 15 is 0 Å². The number of amides is 1. The predicted molar refractivity (Wildman–Crippen MR) is 102 cm³/mol. The lowest BCUT2D eigenvalue weighted by molar-refractivity contribution is 0.0122. The summed E-state index contributed by atoms with van der Waals surface area (Å²) in [7, 11) is 0. The molecule has 2 rings (SSSR count). The molecule has 1 heterocycles. The van der Waals surface area contributed by atoms with Crippen molar-refractivity contribution in [3.63, 3.8) is 0 Å². The van der Waals surface area contributed by atoms with Gasteiger partial charge in [-0.15, -0.1) is 0 Å². The Kier molecular flexibility index (Phi) is 6.63. The summed E-state index contributed by atoms with van der Waals surface area (Å²) in [5, 5.41) is 10.4. The molecule has 4 nitrogen and oxygen atoms in total. The average molecular weight is 388 g/mol. The number of carbonyl (C=O) groups is 1. The first-order valence-electron chi connectivity index (χ1n) is 8.71. The van der Waals surface area contributed by atoms with Crippen molar-refractivity contribution < 1.29 is 14.6 Å². The Morgan fingerprint density at radius 3 is 2.64 bits per heavy atom. The topological polar surface area (TPSA) is 49.8 Å². The van der Waals surface area contributed by atoms with Gasteiger partial charge < -0.3 is 14.7 Å². The Balaban J connectivity index is 2.29. The van der Waals surface area contributed by atoms with Gasteiger partial charge in [-0.2, -0.15) is 0 Å². The summed E-state index contributed by atoms with van der Waals surface area (Å²) in [6, 6.07) is 5.66. The van der Waals surface area contributed by atoms with Crippen LogP contribution in [-0.4, -0.2) is 41.4 Å². The van der Waals surface area contributed by atoms with Gasteiger partial charge in [-0.1, -0.05) is 29.3 Å². The number of ether oxygens (including phenoxy) is 1. The molecule has 0 radical (unpaired) electrons. The van der Waals surface area contributed by atoms with Gasteiger partial charge in [-0.3, -0.25) is 0 Å². The first-order chi connectivity index (χ1) is 11.7. The summed E-state index contributed by atoms with van der Waals surface area (Å²) < 4.78 is 5.54. The van der Waals surface area contributed by atoms with Crippen LogP contribution in [0.1, 0.15) is 52.0 Å². The molecule has 1 aliphatic rings. The molecule has 1 aromatic rings. The Hall–Kier alpha value is -0.970. The van der Waals surface area contributed by atoms with Crippen LogP contribution in [0.4, 0.5) is 4.79 Å². The van der Waals surface area contributed by atoms with Crippen molar-refractivity contribution >= 4 is 29.3 Å². The molecule has 1 aliphatic heterocycles. The van der Waals surface area contributed by atoms with Gasteiger partial charge >= 0.3 is 6.09 Å². The third kappa shape index (κ3) is 5.25. The number of hydrogen-bond donors (Lipinski definition) is 1. The molecule has 0 aliphatic carbocycles. The molecule has 0 unspecified atom stereocenters. The molecule has 1 atom stereocenters. The number of halogens is 2. The predicted octanol–water partition coefficient (Wildman–Crippen LogP) is 5.03. The normalized spacial score (nSPS) is 21.3. The number of benzene rings is 1. The number of piperidine rings is 1. The van der Waals surface area contributed by atoms with Crippen molar-refractivity contribution in [2.45, 2.75) is 57.5 Å². The van der Waals surface area contributed by atoms with Gasteiger partial charge in [-0.25, -0.2) is 4.79 Å². The van der Waals surface area contributed by atoms with Gasteiger partial charge in [0.15, 0.2) is 0 Å². The van der Waals surface area contributed by atoms with E-state index in [1.807, 2.05) is 32.9 Å². The molecule has 0 spiro atoms. The zero-order valence-electron chi connectivity index (χ0n) is 15.1. The highest BCUT2D eigenvalue weighted by Gasteiger charge is 2.39. The number of carbonyl (C=O) groups excluding carboxylic acids is 1. The Morgan fingerprint density at radius 2 is 2.04 bits per heavy atom. The zero-order chi connectivity index (χ0) is 18.7. The van der Waals surface area contributed by atoms with Gasteiger partial charge in [0.1, 0.15) is 5.60 Å². The first kappa shape index (κ1) is 20.3. The molecule has 1 amide bonds. The maximum absolute atomic E-state index is 12.5. The largest absolute Gasteiger partial charge is 0.444 e. The van der Waals surface area contributed by atoms with E-state index in [-0.39, 0.29) is 18.1 Å². The van der Waals surface area contributed by atoms with Gasteiger partial charge in [0.25, 0.3) is 0 Å². The van der Waals surface area contributed by atoms with Crippen molar-refractivity contribution in [1.29, 1.82) is 0 Å². The standard InChI is InChI=1S/C19H27Cl2NO3/c1-18(2,3)25-17(24)22-10-4-8-19(13-22,9-5-11-23)14-6-7-15(20)16(21)12-14/h6-7,12,23H,4-5,8-11,13H2,1-3H3/t19-/m1/s1. The second-order valence-corrected chi connectivity index (χ2v) is 8.56. The van der Waals surface area contributed by atoms with Crippen LogP contribution in [0.2, 0.25) is 10.0 Å². The van der Waals surface area contributed by atoms with Crippen LogP contribution in [0, 0.1) is 0 Å². The second-order valence-electron chi connectivity index (χ2n) is 7.74. The summed E-state index contributed by atoms with van der Waals surface area (Å²) in [6.07, 6.45) is 2.97. The van der Waals surface area contributed by atoms with Gasteiger partial charge in [0.2, 0.25) is 0 Å². The van der Waals surface area contributed by atoms with Gasteiger partial charge in [0.05, 0.1) is 10.0 Å². The molecule has 0 saturated carbocycles. The summed E-state index contributed by atoms with van der Waals surface area (Å²) in [4.78, 5) is 14.3. The molecular formula is C19H27Cl2NO3. The zero-order valence-corrected chi connectivity index (χ0v) is 16.7. The van der Waals surface area contributed by atoms with Crippen LogP contribution in [0.5, 0.6) is 0 Å². The lowest BCUT2D eigenvalue weighted by Gasteiger charge is -2.43. The fraction of sp³-hybridized carbons (Fsp3) is 0.632. The van der Waals surface area contributed by atoms with Crippen molar-refractivity contribution in [2.24, 2.45) is 0 Å². The summed E-state index contributed by atoms with van der Waals surface area (Å²) >= 11 is 12.3. The smallest absolute Gasteiger partial charge is 0.410 e. The molecule has 140 valence electrons. The van der Waals surface area contributed by atoms with E-state index < -0.39 is 5.60 Å². The molecule has 1 N–H and O–H groups in total. The van der Waals surface area contributed by atoms with E-state index in [4.69, 9.17) is 27.9 Å². The number of hydrogen-bond acceptors (Lipinski definition) is 3. The van der Waals surface area contributed by atoms with E-state index in [9.17, 15) is 9.90 Å². The third-order valence-corrected chi connectivity index (χ3v) is 5.31. The highest BCUT2D eigenvalue weighted by atomic mass is 35.5. The highest BCUT2D eigenvalue weighted by Crippen LogP contribution is 2.40. The Labute approximate surface area is 160 Å². The third-order valence-electron chi connectivity index (χ3n) is 4.57. The quantitative estimate of drug-likeness (QED) is 0.787. The molecule has 25 heavy (non-hydrogen) atoms. The molecule has 1 saturated heterocycles. The van der Waals surface area contributed by atoms with Crippen molar-refractivity contribution in [1.82, 2.24) is 4.90 Å². The molecule has 6 heteroatoms. The summed E-state index contributed by atoms with van der Waals surface area (Å²) in [5.74, 6) is 0. The van der Waals surface area contributed by atoms with Crippen LogP contribution in [0.15, 0.2) is 18.2 Å². The fourth-order valence-electron chi connectivity index (χ4n) is 3.44. The maximum atomic E-state index is 12.5. The van der Waals surface area contributed by atoms with Crippen molar-refractivity contribution in [3.8, 4) is 0 Å². The molecule has 1 aromatic carbocycles. The molecule has 1 fully saturated rings. The summed E-state index contributed by atoms with van der Waals surface area (Å²) in [5.41, 5.74) is 0.293. The van der Waals surface area contributed by atoms with Crippen LogP contribution < -0.4 is 0 Å². The number of rotatable bonds is 4. The lowest BCUT2D eigenvalue weighted by Crippen LogP contribution is -2.50. The number of likely N-dealkylation sites (tertiary alicyclic amines) is 1. The monoisotopic (exact) mass is 387 g/mol. The minimum absolute atomic E-state index is 0.121. The van der Waals surface area contributed by atoms with Crippen LogP contribution in [0.25, 0.3) is 0 Å². The van der Waals surface area contributed by atoms with E-state index in [0.717, 1.165) is 24.8 Å². The number of aliphatic hydroxyl groups excluding tert-OH is 1. The van der Waals surface area contributed by atoms with Crippen molar-refractivity contribution in [3.05, 3.63) is 33.8 Å². The Morgan fingerprint density at radius 1 is 1.32 bits per heavy atom. The summed E-state index contributed by atoms with van der Waals surface area (Å²) in [6.45, 7) is 6.96. The van der Waals surface area contributed by atoms with Crippen LogP contribution >= 0.6 is 23.2 Å². The van der Waals surface area contributed by atoms with Gasteiger partial charge in [-0.05, 0) is 64.2 Å². The Bertz CT molecular complexity index is 615.